The van der Waals surface area contributed by atoms with Crippen LogP contribution in [-0.2, 0) is 16.1 Å². The van der Waals surface area contributed by atoms with Crippen molar-refractivity contribution in [1.29, 1.82) is 0 Å². The highest BCUT2D eigenvalue weighted by Gasteiger charge is 2.44. The first-order valence-corrected chi connectivity index (χ1v) is 10.7. The van der Waals surface area contributed by atoms with E-state index < -0.39 is 29.6 Å². The maximum Gasteiger partial charge on any atom is 0.335 e. The number of carbonyl (C=O) groups is 3. The molecular weight excluding hydrogens is 428 g/mol. The van der Waals surface area contributed by atoms with Gasteiger partial charge in [0.05, 0.1) is 24.4 Å². The zero-order valence-corrected chi connectivity index (χ0v) is 19.1. The van der Waals surface area contributed by atoms with Gasteiger partial charge >= 0.3 is 5.97 Å². The Morgan fingerprint density at radius 3 is 2.64 bits per heavy atom. The summed E-state index contributed by atoms with van der Waals surface area (Å²) in [5.41, 5.74) is 0.793. The van der Waals surface area contributed by atoms with E-state index in [1.165, 1.54) is 28.8 Å². The fourth-order valence-corrected chi connectivity index (χ4v) is 3.99. The standard InChI is InChI=1S/C22H30N6O5/c1-22(2,3)18(20(31)27-12-16(29)9-17(27)19(30)23-4)28-11-15(25-26-28)10-24-14-7-5-6-13(8-14)21(32)33/h5-8,11,16-18,24,29H,9-10,12H2,1-4H3,(H,23,30)(H,32,33)/t16-,17+,18-/m1/s1. The number of nitrogens with one attached hydrogen (secondary N) is 2. The molecule has 2 aromatic rings. The van der Waals surface area contributed by atoms with Crippen LogP contribution in [0.5, 0.6) is 0 Å². The predicted molar refractivity (Wildman–Crippen MR) is 119 cm³/mol. The minimum absolute atomic E-state index is 0.0759. The number of nitrogens with zero attached hydrogens (tertiary/aromatic N) is 4. The van der Waals surface area contributed by atoms with Gasteiger partial charge in [0, 0.05) is 25.7 Å². The second-order valence-electron chi connectivity index (χ2n) is 9.21. The van der Waals surface area contributed by atoms with E-state index >= 15 is 0 Å². The second kappa shape index (κ2) is 9.57. The Bertz CT molecular complexity index is 1030. The van der Waals surface area contributed by atoms with E-state index in [1.54, 1.807) is 18.3 Å². The number of benzene rings is 1. The predicted octanol–water partition coefficient (Wildman–Crippen LogP) is 0.883. The van der Waals surface area contributed by atoms with Gasteiger partial charge in [-0.15, -0.1) is 5.10 Å². The Kier molecular flexibility index (Phi) is 7.01. The van der Waals surface area contributed by atoms with E-state index in [0.29, 0.717) is 11.4 Å². The Morgan fingerprint density at radius 1 is 1.27 bits per heavy atom. The lowest BCUT2D eigenvalue weighted by atomic mass is 9.85. The number of carboxylic acids is 1. The number of aromatic carboxylic acids is 1. The molecule has 0 aliphatic carbocycles. The lowest BCUT2D eigenvalue weighted by molar-refractivity contribution is -0.144. The van der Waals surface area contributed by atoms with Crippen molar-refractivity contribution in [2.45, 2.75) is 51.9 Å². The lowest BCUT2D eigenvalue weighted by Gasteiger charge is -2.34. The summed E-state index contributed by atoms with van der Waals surface area (Å²) in [5, 5.41) is 33.2. The molecule has 1 aromatic carbocycles. The van der Waals surface area contributed by atoms with Crippen molar-refractivity contribution in [2.75, 3.05) is 18.9 Å². The van der Waals surface area contributed by atoms with Crippen LogP contribution in [0.4, 0.5) is 5.69 Å². The fraction of sp³-hybridized carbons (Fsp3) is 0.500. The van der Waals surface area contributed by atoms with Crippen molar-refractivity contribution in [1.82, 2.24) is 25.2 Å². The number of likely N-dealkylation sites (N-methyl/N-ethyl adjacent to an activating group) is 1. The summed E-state index contributed by atoms with van der Waals surface area (Å²) in [6.45, 7) is 6.04. The third-order valence-corrected chi connectivity index (χ3v) is 5.57. The maximum absolute atomic E-state index is 13.5. The molecule has 178 valence electrons. The van der Waals surface area contributed by atoms with Crippen LogP contribution in [0, 0.1) is 5.41 Å². The molecular formula is C22H30N6O5. The molecule has 0 bridgehead atoms. The number of aliphatic hydroxyl groups is 1. The quantitative estimate of drug-likeness (QED) is 0.478. The molecule has 4 N–H and O–H groups in total. The molecule has 1 aliphatic heterocycles. The number of aromatic nitrogens is 3. The molecule has 1 saturated heterocycles. The maximum atomic E-state index is 13.5. The number of anilines is 1. The second-order valence-corrected chi connectivity index (χ2v) is 9.21. The highest BCUT2D eigenvalue weighted by molar-refractivity contribution is 5.90. The SMILES string of the molecule is CNC(=O)[C@@H]1C[C@@H](O)CN1C(=O)[C@@H](n1cc(CNc2cccc(C(=O)O)c2)nn1)C(C)(C)C. The van der Waals surface area contributed by atoms with Gasteiger partial charge in [-0.05, 0) is 23.6 Å². The number of carboxylic acid groups (broad SMARTS) is 1. The smallest absolute Gasteiger partial charge is 0.335 e. The largest absolute Gasteiger partial charge is 0.478 e. The topological polar surface area (TPSA) is 150 Å². The normalized spacial score (nSPS) is 19.2. The van der Waals surface area contributed by atoms with Gasteiger partial charge in [-0.2, -0.15) is 0 Å². The molecule has 0 radical (unpaired) electrons. The molecule has 1 aliphatic rings. The molecule has 2 heterocycles. The van der Waals surface area contributed by atoms with Crippen LogP contribution in [-0.4, -0.2) is 73.6 Å². The van der Waals surface area contributed by atoms with Crippen LogP contribution in [0.25, 0.3) is 0 Å². The molecule has 33 heavy (non-hydrogen) atoms. The molecule has 0 spiro atoms. The minimum atomic E-state index is -1.02. The number of hydrogen-bond acceptors (Lipinski definition) is 7. The van der Waals surface area contributed by atoms with E-state index in [-0.39, 0.29) is 36.9 Å². The first-order chi connectivity index (χ1) is 15.5. The van der Waals surface area contributed by atoms with Crippen molar-refractivity contribution < 1.29 is 24.6 Å². The Hall–Kier alpha value is -3.47. The highest BCUT2D eigenvalue weighted by Crippen LogP contribution is 2.34. The summed E-state index contributed by atoms with van der Waals surface area (Å²) in [6.07, 6.45) is 1.07. The zero-order chi connectivity index (χ0) is 24.3. The molecule has 1 fully saturated rings. The number of aliphatic hydroxyl groups excluding tert-OH is 1. The van der Waals surface area contributed by atoms with Crippen molar-refractivity contribution in [3.05, 3.63) is 41.7 Å². The molecule has 1 aromatic heterocycles. The summed E-state index contributed by atoms with van der Waals surface area (Å²) in [4.78, 5) is 38.4. The molecule has 11 nitrogen and oxygen atoms in total. The highest BCUT2D eigenvalue weighted by atomic mass is 16.4. The van der Waals surface area contributed by atoms with Gasteiger partial charge in [-0.25, -0.2) is 9.48 Å². The Balaban J connectivity index is 1.79. The zero-order valence-electron chi connectivity index (χ0n) is 19.1. The molecule has 0 saturated carbocycles. The Morgan fingerprint density at radius 2 is 2.00 bits per heavy atom. The third-order valence-electron chi connectivity index (χ3n) is 5.57. The monoisotopic (exact) mass is 458 g/mol. The average molecular weight is 459 g/mol. The number of amides is 2. The van der Waals surface area contributed by atoms with Crippen LogP contribution in [0.3, 0.4) is 0 Å². The van der Waals surface area contributed by atoms with Crippen LogP contribution in [0.1, 0.15) is 49.3 Å². The lowest BCUT2D eigenvalue weighted by Crippen LogP contribution is -2.49. The van der Waals surface area contributed by atoms with Crippen molar-refractivity contribution >= 4 is 23.5 Å². The number of hydrogen-bond donors (Lipinski definition) is 4. The van der Waals surface area contributed by atoms with Gasteiger partial charge in [0.2, 0.25) is 11.8 Å². The van der Waals surface area contributed by atoms with E-state index in [9.17, 15) is 19.5 Å². The van der Waals surface area contributed by atoms with Gasteiger partial charge in [0.15, 0.2) is 0 Å². The van der Waals surface area contributed by atoms with E-state index in [4.69, 9.17) is 5.11 Å². The van der Waals surface area contributed by atoms with Gasteiger partial charge in [-0.3, -0.25) is 9.59 Å². The molecule has 11 heteroatoms. The molecule has 2 amide bonds. The Labute approximate surface area is 191 Å². The summed E-state index contributed by atoms with van der Waals surface area (Å²) in [7, 11) is 1.50. The van der Waals surface area contributed by atoms with Crippen molar-refractivity contribution in [3.63, 3.8) is 0 Å². The molecule has 0 unspecified atom stereocenters. The first-order valence-electron chi connectivity index (χ1n) is 10.7. The van der Waals surface area contributed by atoms with Gasteiger partial charge in [0.25, 0.3) is 0 Å². The number of β-amino-alcohol motifs (C(OH)–C–C–N with tert-alkyl or cyclic N) is 1. The fourth-order valence-electron chi connectivity index (χ4n) is 3.99. The first kappa shape index (κ1) is 24.2. The van der Waals surface area contributed by atoms with Gasteiger partial charge in [0.1, 0.15) is 17.8 Å². The number of rotatable bonds is 7. The molecule has 3 atom stereocenters. The number of likely N-dealkylation sites (tertiary alicyclic amines) is 1. The van der Waals surface area contributed by atoms with E-state index in [0.717, 1.165) is 0 Å². The van der Waals surface area contributed by atoms with E-state index in [2.05, 4.69) is 20.9 Å². The van der Waals surface area contributed by atoms with Gasteiger partial charge < -0.3 is 25.7 Å². The summed E-state index contributed by atoms with van der Waals surface area (Å²) in [6, 6.07) is 4.93. The summed E-state index contributed by atoms with van der Waals surface area (Å²) < 4.78 is 1.48. The van der Waals surface area contributed by atoms with Crippen molar-refractivity contribution in [3.8, 4) is 0 Å². The van der Waals surface area contributed by atoms with Gasteiger partial charge in [-0.1, -0.05) is 32.1 Å². The summed E-state index contributed by atoms with van der Waals surface area (Å²) >= 11 is 0. The average Bonchev–Trinajstić information content (AvgIpc) is 3.37. The van der Waals surface area contributed by atoms with Crippen molar-refractivity contribution in [2.24, 2.45) is 5.41 Å². The van der Waals surface area contributed by atoms with Crippen LogP contribution in [0.2, 0.25) is 0 Å². The third kappa shape index (κ3) is 5.48. The summed E-state index contributed by atoms with van der Waals surface area (Å²) in [5.74, 6) is -1.65. The van der Waals surface area contributed by atoms with Crippen LogP contribution < -0.4 is 10.6 Å². The van der Waals surface area contributed by atoms with Crippen LogP contribution >= 0.6 is 0 Å². The van der Waals surface area contributed by atoms with Crippen LogP contribution in [0.15, 0.2) is 30.5 Å². The van der Waals surface area contributed by atoms with E-state index in [1.807, 2.05) is 20.8 Å². The minimum Gasteiger partial charge on any atom is -0.478 e. The number of carbonyl (C=O) groups excluding carboxylic acids is 2. The molecule has 3 rings (SSSR count).